The van der Waals surface area contributed by atoms with Crippen molar-refractivity contribution in [3.8, 4) is 5.75 Å². The van der Waals surface area contributed by atoms with Gasteiger partial charge in [-0.3, -0.25) is 14.4 Å². The van der Waals surface area contributed by atoms with E-state index in [9.17, 15) is 36.3 Å². The van der Waals surface area contributed by atoms with Gasteiger partial charge in [0, 0.05) is 38.4 Å². The van der Waals surface area contributed by atoms with Crippen LogP contribution in [0.1, 0.15) is 39.7 Å². The molecule has 0 fully saturated rings. The Balaban J connectivity index is 1.28. The minimum atomic E-state index is -4.86. The first-order chi connectivity index (χ1) is 21.4. The third-order valence-electron chi connectivity index (χ3n) is 6.61. The third kappa shape index (κ3) is 9.28. The van der Waals surface area contributed by atoms with Crippen molar-refractivity contribution in [2.75, 3.05) is 7.11 Å². The number of aryl methyl sites for hydroxylation is 1. The Hall–Kier alpha value is -4.92. The molecule has 238 valence electrons. The van der Waals surface area contributed by atoms with Gasteiger partial charge >= 0.3 is 6.36 Å². The van der Waals surface area contributed by atoms with E-state index in [1.54, 1.807) is 30.3 Å². The third-order valence-corrected chi connectivity index (χ3v) is 6.61. The van der Waals surface area contributed by atoms with Crippen molar-refractivity contribution < 1.29 is 41.0 Å². The van der Waals surface area contributed by atoms with Gasteiger partial charge < -0.3 is 19.4 Å². The Labute approximate surface area is 253 Å². The zero-order valence-electron chi connectivity index (χ0n) is 23.8. The molecule has 4 aromatic rings. The second-order valence-corrected chi connectivity index (χ2v) is 9.91. The molecule has 0 spiro atoms. The monoisotopic (exact) mass is 633 g/mol. The lowest BCUT2D eigenvalue weighted by molar-refractivity contribution is -0.274. The number of halogens is 5. The second kappa shape index (κ2) is 14.7. The lowest BCUT2D eigenvalue weighted by Gasteiger charge is -2.15. The molecule has 1 amide bonds. The van der Waals surface area contributed by atoms with E-state index >= 15 is 0 Å². The van der Waals surface area contributed by atoms with Gasteiger partial charge in [-0.1, -0.05) is 47.7 Å². The molecule has 2 aromatic heterocycles. The lowest BCUT2D eigenvalue weighted by atomic mass is 10.00. The van der Waals surface area contributed by atoms with E-state index in [0.717, 1.165) is 21.4 Å². The van der Waals surface area contributed by atoms with Gasteiger partial charge in [-0.25, -0.2) is 13.5 Å². The van der Waals surface area contributed by atoms with Crippen molar-refractivity contribution in [3.63, 3.8) is 0 Å². The molecular weight excluding hydrogens is 605 g/mol. The maximum absolute atomic E-state index is 14.9. The predicted molar refractivity (Wildman–Crippen MR) is 149 cm³/mol. The highest BCUT2D eigenvalue weighted by molar-refractivity contribution is 5.91. The van der Waals surface area contributed by atoms with Gasteiger partial charge in [0.15, 0.2) is 17.3 Å². The average Bonchev–Trinajstić information content (AvgIpc) is 3.46. The predicted octanol–water partition coefficient (Wildman–Crippen LogP) is 4.34. The van der Waals surface area contributed by atoms with Crippen LogP contribution >= 0.6 is 0 Å². The smallest absolute Gasteiger partial charge is 0.406 e. The number of nitrogens with zero attached hydrogens (tertiary/aromatic N) is 4. The van der Waals surface area contributed by atoms with Crippen LogP contribution in [0.15, 0.2) is 77.9 Å². The quantitative estimate of drug-likeness (QED) is 0.206. The molecule has 2 heterocycles. The van der Waals surface area contributed by atoms with Gasteiger partial charge in [-0.05, 0) is 35.7 Å². The van der Waals surface area contributed by atoms with E-state index in [1.807, 2.05) is 0 Å². The fourth-order valence-corrected chi connectivity index (χ4v) is 4.45. The summed E-state index contributed by atoms with van der Waals surface area (Å²) >= 11 is 0. The number of ether oxygens (including phenoxy) is 2. The van der Waals surface area contributed by atoms with Crippen LogP contribution in [-0.4, -0.2) is 50.9 Å². The first-order valence-corrected chi connectivity index (χ1v) is 13.6. The molecule has 10 nitrogen and oxygen atoms in total. The van der Waals surface area contributed by atoms with Crippen molar-refractivity contribution in [2.45, 2.75) is 51.1 Å². The van der Waals surface area contributed by atoms with Crippen LogP contribution in [0.3, 0.4) is 0 Å². The molecule has 45 heavy (non-hydrogen) atoms. The molecule has 0 aliphatic heterocycles. The number of Topliss-reactive ketones (excluding diaryl/α,β-unsaturated/α-hetero) is 1. The number of alkyl halides is 4. The van der Waals surface area contributed by atoms with Gasteiger partial charge in [0.25, 0.3) is 11.5 Å². The SMILES string of the molecule is CO[C@@H](C(=O)Cc1ccn(CCC(F)Cn2cc(C(=O)NCc3cccc(OC(F)(F)F)c3)nn2)c(=O)c1F)c1ccccc1. The van der Waals surface area contributed by atoms with Crippen LogP contribution in [0.4, 0.5) is 22.0 Å². The summed E-state index contributed by atoms with van der Waals surface area (Å²) in [5.74, 6) is -2.69. The highest BCUT2D eigenvalue weighted by Crippen LogP contribution is 2.23. The average molecular weight is 634 g/mol. The summed E-state index contributed by atoms with van der Waals surface area (Å²) < 4.78 is 78.1. The Bertz CT molecular complexity index is 1680. The number of rotatable bonds is 14. The molecule has 2 aromatic carbocycles. The van der Waals surface area contributed by atoms with E-state index < -0.39 is 47.5 Å². The van der Waals surface area contributed by atoms with Gasteiger partial charge in [-0.15, -0.1) is 18.3 Å². The number of benzene rings is 2. The standard InChI is InChI=1S/C30H28F5N5O5/c1-44-27(20-7-3-2-4-8-20)25(41)15-21-10-12-39(29(43)26(21)32)13-11-22(31)17-40-18-24(37-38-40)28(42)36-16-19-6-5-9-23(14-19)45-30(33,34)35/h2-10,12,14,18,22,27H,11,13,15-17H2,1H3,(H,36,42)/t22?,27-/m1/s1. The number of amides is 1. The molecule has 0 saturated carbocycles. The van der Waals surface area contributed by atoms with E-state index in [-0.39, 0.29) is 43.7 Å². The molecular formula is C30H28F5N5O5. The van der Waals surface area contributed by atoms with Crippen molar-refractivity contribution in [3.05, 3.63) is 112 Å². The number of nitrogens with one attached hydrogen (secondary N) is 1. The number of hydrogen-bond donors (Lipinski definition) is 1. The summed E-state index contributed by atoms with van der Waals surface area (Å²) in [6, 6.07) is 15.0. The fourth-order valence-electron chi connectivity index (χ4n) is 4.45. The highest BCUT2D eigenvalue weighted by Gasteiger charge is 2.31. The van der Waals surface area contributed by atoms with Crippen LogP contribution < -0.4 is 15.6 Å². The number of carbonyl (C=O) groups is 2. The minimum Gasteiger partial charge on any atom is -0.406 e. The van der Waals surface area contributed by atoms with Crippen LogP contribution in [0.5, 0.6) is 5.75 Å². The Morgan fingerprint density at radius 2 is 1.82 bits per heavy atom. The number of methoxy groups -OCH3 is 1. The normalized spacial score (nSPS) is 12.8. The van der Waals surface area contributed by atoms with E-state index in [0.29, 0.717) is 11.1 Å². The number of aromatic nitrogens is 4. The zero-order chi connectivity index (χ0) is 32.6. The summed E-state index contributed by atoms with van der Waals surface area (Å²) in [5, 5.41) is 9.86. The zero-order valence-corrected chi connectivity index (χ0v) is 23.8. The largest absolute Gasteiger partial charge is 0.573 e. The molecule has 0 aliphatic rings. The van der Waals surface area contributed by atoms with Crippen LogP contribution in [-0.2, 0) is 35.6 Å². The minimum absolute atomic E-state index is 0.105. The molecule has 0 aliphatic carbocycles. The first-order valence-electron chi connectivity index (χ1n) is 13.6. The van der Waals surface area contributed by atoms with E-state index in [4.69, 9.17) is 4.74 Å². The Morgan fingerprint density at radius 3 is 2.53 bits per heavy atom. The maximum Gasteiger partial charge on any atom is 0.573 e. The summed E-state index contributed by atoms with van der Waals surface area (Å²) in [4.78, 5) is 37.7. The molecule has 0 radical (unpaired) electrons. The van der Waals surface area contributed by atoms with Crippen LogP contribution in [0.2, 0.25) is 0 Å². The molecule has 2 atom stereocenters. The van der Waals surface area contributed by atoms with E-state index in [1.165, 1.54) is 37.7 Å². The van der Waals surface area contributed by atoms with E-state index in [2.05, 4.69) is 20.4 Å². The van der Waals surface area contributed by atoms with Gasteiger partial charge in [0.1, 0.15) is 18.0 Å². The van der Waals surface area contributed by atoms with Crippen molar-refractivity contribution >= 4 is 11.7 Å². The molecule has 0 saturated heterocycles. The Kier molecular flexibility index (Phi) is 10.8. The number of ketones is 1. The molecule has 0 bridgehead atoms. The van der Waals surface area contributed by atoms with Gasteiger partial charge in [-0.2, -0.15) is 0 Å². The summed E-state index contributed by atoms with van der Waals surface area (Å²) in [6.07, 6.45) is -5.44. The number of carbonyl (C=O) groups excluding carboxylic acids is 2. The fraction of sp³-hybridized carbons (Fsp3) is 0.300. The maximum atomic E-state index is 14.9. The van der Waals surface area contributed by atoms with Gasteiger partial charge in [0.2, 0.25) is 0 Å². The molecule has 1 unspecified atom stereocenters. The Morgan fingerprint density at radius 1 is 1.07 bits per heavy atom. The molecule has 4 rings (SSSR count). The van der Waals surface area contributed by atoms with Gasteiger partial charge in [0.05, 0.1) is 12.7 Å². The first kappa shape index (κ1) is 33.0. The van der Waals surface area contributed by atoms with Crippen molar-refractivity contribution in [2.24, 2.45) is 0 Å². The van der Waals surface area contributed by atoms with Crippen molar-refractivity contribution in [1.29, 1.82) is 0 Å². The lowest BCUT2D eigenvalue weighted by Crippen LogP contribution is -2.27. The number of hydrogen-bond acceptors (Lipinski definition) is 7. The van der Waals surface area contributed by atoms with Crippen molar-refractivity contribution in [1.82, 2.24) is 24.9 Å². The highest BCUT2D eigenvalue weighted by atomic mass is 19.4. The molecule has 15 heteroatoms. The summed E-state index contributed by atoms with van der Waals surface area (Å²) in [6.45, 7) is -0.626. The second-order valence-electron chi connectivity index (χ2n) is 9.91. The molecule has 1 N–H and O–H groups in total. The van der Waals surface area contributed by atoms with Crippen LogP contribution in [0.25, 0.3) is 0 Å². The number of pyridine rings is 1. The topological polar surface area (TPSA) is 117 Å². The summed E-state index contributed by atoms with van der Waals surface area (Å²) in [5.41, 5.74) is -0.338. The van der Waals surface area contributed by atoms with Crippen LogP contribution in [0, 0.1) is 5.82 Å². The summed E-state index contributed by atoms with van der Waals surface area (Å²) in [7, 11) is 1.36.